The Balaban J connectivity index is 2.98. The van der Waals surface area contributed by atoms with Gasteiger partial charge in [-0.1, -0.05) is 26.0 Å². The lowest BCUT2D eigenvalue weighted by molar-refractivity contribution is -0.140. The number of benzene rings is 1. The van der Waals surface area contributed by atoms with Crippen LogP contribution in [0, 0.1) is 5.92 Å². The van der Waals surface area contributed by atoms with Gasteiger partial charge in [-0.3, -0.25) is 4.79 Å². The number of rotatable bonds is 8. The Hall–Kier alpha value is -1.71. The highest BCUT2D eigenvalue weighted by molar-refractivity contribution is 5.71. The van der Waals surface area contributed by atoms with Crippen molar-refractivity contribution in [3.63, 3.8) is 0 Å². The van der Waals surface area contributed by atoms with Gasteiger partial charge in [0.1, 0.15) is 5.75 Å². The predicted octanol–water partition coefficient (Wildman–Crippen LogP) is 3.41. The predicted molar refractivity (Wildman–Crippen MR) is 81.5 cm³/mol. The molecule has 0 bridgehead atoms. The van der Waals surface area contributed by atoms with E-state index in [2.05, 4.69) is 11.8 Å². The van der Waals surface area contributed by atoms with Crippen LogP contribution in [0.25, 0.3) is 0 Å². The van der Waals surface area contributed by atoms with E-state index < -0.39 is 11.9 Å². The highest BCUT2D eigenvalue weighted by Crippen LogP contribution is 2.29. The maximum absolute atomic E-state index is 11.1. The summed E-state index contributed by atoms with van der Waals surface area (Å²) in [7, 11) is 0. The SMILES string of the molecule is CCCN(CC(C)C(=O)O)c1ccccc1OC(C)C. The smallest absolute Gasteiger partial charge is 0.308 e. The number of aliphatic carboxylic acids is 1. The third kappa shape index (κ3) is 4.76. The topological polar surface area (TPSA) is 49.8 Å². The minimum atomic E-state index is -0.770. The Morgan fingerprint density at radius 1 is 1.30 bits per heavy atom. The lowest BCUT2D eigenvalue weighted by atomic mass is 10.1. The van der Waals surface area contributed by atoms with Crippen LogP contribution in [0.1, 0.15) is 34.1 Å². The molecule has 1 rings (SSSR count). The molecule has 0 spiro atoms. The van der Waals surface area contributed by atoms with Crippen molar-refractivity contribution in [2.75, 3.05) is 18.0 Å². The van der Waals surface area contributed by atoms with Gasteiger partial charge >= 0.3 is 5.97 Å². The van der Waals surface area contributed by atoms with Crippen molar-refractivity contribution in [2.24, 2.45) is 5.92 Å². The van der Waals surface area contributed by atoms with Crippen LogP contribution < -0.4 is 9.64 Å². The minimum Gasteiger partial charge on any atom is -0.489 e. The Morgan fingerprint density at radius 2 is 1.95 bits per heavy atom. The lowest BCUT2D eigenvalue weighted by Gasteiger charge is -2.28. The minimum absolute atomic E-state index is 0.0940. The number of para-hydroxylation sites is 2. The molecule has 1 unspecified atom stereocenters. The molecule has 0 aliphatic heterocycles. The highest BCUT2D eigenvalue weighted by Gasteiger charge is 2.18. The van der Waals surface area contributed by atoms with Crippen molar-refractivity contribution < 1.29 is 14.6 Å². The van der Waals surface area contributed by atoms with E-state index in [4.69, 9.17) is 9.84 Å². The highest BCUT2D eigenvalue weighted by atomic mass is 16.5. The summed E-state index contributed by atoms with van der Waals surface area (Å²) in [6, 6.07) is 7.81. The van der Waals surface area contributed by atoms with E-state index in [9.17, 15) is 4.79 Å². The molecular weight excluding hydrogens is 254 g/mol. The number of hydrogen-bond donors (Lipinski definition) is 1. The summed E-state index contributed by atoms with van der Waals surface area (Å²) < 4.78 is 5.83. The molecule has 112 valence electrons. The first kappa shape index (κ1) is 16.3. The van der Waals surface area contributed by atoms with Crippen LogP contribution in [0.2, 0.25) is 0 Å². The van der Waals surface area contributed by atoms with E-state index in [0.717, 1.165) is 24.4 Å². The second-order valence-corrected chi connectivity index (χ2v) is 5.32. The first-order valence-electron chi connectivity index (χ1n) is 7.19. The van der Waals surface area contributed by atoms with Crippen LogP contribution in [-0.2, 0) is 4.79 Å². The Bertz CT molecular complexity index is 431. The summed E-state index contributed by atoms with van der Waals surface area (Å²) in [5.41, 5.74) is 0.969. The summed E-state index contributed by atoms with van der Waals surface area (Å²) in [6.45, 7) is 9.10. The summed E-state index contributed by atoms with van der Waals surface area (Å²) in [5, 5.41) is 9.10. The van der Waals surface area contributed by atoms with Gasteiger partial charge in [-0.25, -0.2) is 0 Å². The average Bonchev–Trinajstić information content (AvgIpc) is 2.38. The first-order chi connectivity index (χ1) is 9.45. The van der Waals surface area contributed by atoms with Crippen LogP contribution >= 0.6 is 0 Å². The fourth-order valence-corrected chi connectivity index (χ4v) is 2.06. The molecule has 0 heterocycles. The van der Waals surface area contributed by atoms with E-state index in [1.165, 1.54) is 0 Å². The molecule has 1 N–H and O–H groups in total. The van der Waals surface area contributed by atoms with Crippen LogP contribution in [0.15, 0.2) is 24.3 Å². The quantitative estimate of drug-likeness (QED) is 0.792. The zero-order valence-corrected chi connectivity index (χ0v) is 12.8. The molecule has 4 heteroatoms. The van der Waals surface area contributed by atoms with Crippen molar-refractivity contribution in [1.29, 1.82) is 0 Å². The van der Waals surface area contributed by atoms with Crippen molar-refractivity contribution in [3.05, 3.63) is 24.3 Å². The van der Waals surface area contributed by atoms with Gasteiger partial charge in [0, 0.05) is 13.1 Å². The van der Waals surface area contributed by atoms with E-state index >= 15 is 0 Å². The van der Waals surface area contributed by atoms with Gasteiger partial charge < -0.3 is 14.7 Å². The van der Waals surface area contributed by atoms with Crippen molar-refractivity contribution in [2.45, 2.75) is 40.2 Å². The Kier molecular flexibility index (Phi) is 6.36. The van der Waals surface area contributed by atoms with Gasteiger partial charge in [0.15, 0.2) is 0 Å². The number of carboxylic acid groups (broad SMARTS) is 1. The van der Waals surface area contributed by atoms with Gasteiger partial charge in [0.05, 0.1) is 17.7 Å². The molecule has 0 saturated carbocycles. The average molecular weight is 279 g/mol. The molecule has 0 aliphatic rings. The van der Waals surface area contributed by atoms with E-state index in [-0.39, 0.29) is 6.10 Å². The van der Waals surface area contributed by atoms with Gasteiger partial charge in [0.2, 0.25) is 0 Å². The van der Waals surface area contributed by atoms with Gasteiger partial charge in [-0.2, -0.15) is 0 Å². The number of nitrogens with zero attached hydrogens (tertiary/aromatic N) is 1. The van der Waals surface area contributed by atoms with Crippen molar-refractivity contribution >= 4 is 11.7 Å². The fraction of sp³-hybridized carbons (Fsp3) is 0.562. The molecule has 20 heavy (non-hydrogen) atoms. The number of hydrogen-bond acceptors (Lipinski definition) is 3. The summed E-state index contributed by atoms with van der Waals surface area (Å²) in [5.74, 6) is -0.365. The molecule has 1 aromatic carbocycles. The lowest BCUT2D eigenvalue weighted by Crippen LogP contribution is -2.33. The summed E-state index contributed by atoms with van der Waals surface area (Å²) >= 11 is 0. The van der Waals surface area contributed by atoms with Crippen molar-refractivity contribution in [1.82, 2.24) is 0 Å². The molecule has 0 saturated heterocycles. The van der Waals surface area contributed by atoms with E-state index in [0.29, 0.717) is 6.54 Å². The van der Waals surface area contributed by atoms with Gasteiger partial charge in [-0.15, -0.1) is 0 Å². The largest absolute Gasteiger partial charge is 0.489 e. The monoisotopic (exact) mass is 279 g/mol. The molecular formula is C16H25NO3. The third-order valence-corrected chi connectivity index (χ3v) is 2.98. The number of carboxylic acids is 1. The second kappa shape index (κ2) is 7.78. The van der Waals surface area contributed by atoms with Gasteiger partial charge in [0.25, 0.3) is 0 Å². The van der Waals surface area contributed by atoms with Crippen LogP contribution in [-0.4, -0.2) is 30.3 Å². The number of anilines is 1. The van der Waals surface area contributed by atoms with Gasteiger partial charge in [-0.05, 0) is 32.4 Å². The molecule has 0 aromatic heterocycles. The maximum Gasteiger partial charge on any atom is 0.308 e. The second-order valence-electron chi connectivity index (χ2n) is 5.32. The standard InChI is InChI=1S/C16H25NO3/c1-5-10-17(11-13(4)16(18)19)14-8-6-7-9-15(14)20-12(2)3/h6-9,12-13H,5,10-11H2,1-4H3,(H,18,19). The zero-order valence-electron chi connectivity index (χ0n) is 12.8. The first-order valence-corrected chi connectivity index (χ1v) is 7.19. The van der Waals surface area contributed by atoms with Crippen LogP contribution in [0.5, 0.6) is 5.75 Å². The molecule has 0 amide bonds. The fourth-order valence-electron chi connectivity index (χ4n) is 2.06. The zero-order chi connectivity index (χ0) is 15.1. The Morgan fingerprint density at radius 3 is 2.50 bits per heavy atom. The molecule has 0 aliphatic carbocycles. The van der Waals surface area contributed by atoms with E-state index in [1.54, 1.807) is 6.92 Å². The molecule has 0 radical (unpaired) electrons. The van der Waals surface area contributed by atoms with Crippen LogP contribution in [0.3, 0.4) is 0 Å². The summed E-state index contributed by atoms with van der Waals surface area (Å²) in [6.07, 6.45) is 1.05. The molecule has 1 atom stereocenters. The van der Waals surface area contributed by atoms with Crippen LogP contribution in [0.4, 0.5) is 5.69 Å². The summed E-state index contributed by atoms with van der Waals surface area (Å²) in [4.78, 5) is 13.2. The molecule has 4 nitrogen and oxygen atoms in total. The molecule has 0 fully saturated rings. The Labute approximate surface area is 121 Å². The molecule has 1 aromatic rings. The number of carbonyl (C=O) groups is 1. The third-order valence-electron chi connectivity index (χ3n) is 2.98. The van der Waals surface area contributed by atoms with E-state index in [1.807, 2.05) is 38.1 Å². The van der Waals surface area contributed by atoms with Crippen molar-refractivity contribution in [3.8, 4) is 5.75 Å². The maximum atomic E-state index is 11.1. The number of ether oxygens (including phenoxy) is 1. The normalized spacial score (nSPS) is 12.2.